The second-order valence-corrected chi connectivity index (χ2v) is 7.71. The Morgan fingerprint density at radius 1 is 1.06 bits per heavy atom. The highest BCUT2D eigenvalue weighted by Crippen LogP contribution is 2.28. The van der Waals surface area contributed by atoms with Gasteiger partial charge in [0.25, 0.3) is 0 Å². The number of aromatic nitrogens is 2. The number of hydrogen-bond acceptors (Lipinski definition) is 3. The highest BCUT2D eigenvalue weighted by molar-refractivity contribution is 6.32. The molecule has 0 unspecified atom stereocenters. The minimum atomic E-state index is -0.305. The Morgan fingerprint density at radius 3 is 2.47 bits per heavy atom. The summed E-state index contributed by atoms with van der Waals surface area (Å²) in [6, 6.07) is 18.6. The predicted molar refractivity (Wildman–Crippen MR) is 128 cm³/mol. The Bertz CT molecular complexity index is 1050. The molecule has 0 radical (unpaired) electrons. The first-order valence-electron chi connectivity index (χ1n) is 10.8. The van der Waals surface area contributed by atoms with Crippen LogP contribution in [0.4, 0.5) is 10.6 Å². The molecule has 3 amide bonds. The number of amides is 3. The first kappa shape index (κ1) is 23.3. The molecule has 3 aromatic rings. The maximum Gasteiger partial charge on any atom is 0.317 e. The molecule has 0 fully saturated rings. The monoisotopic (exact) mass is 453 g/mol. The van der Waals surface area contributed by atoms with Crippen LogP contribution in [0, 0.1) is 0 Å². The van der Waals surface area contributed by atoms with Crippen LogP contribution >= 0.6 is 11.6 Å². The van der Waals surface area contributed by atoms with Crippen LogP contribution in [0.25, 0.3) is 16.9 Å². The number of rotatable bonds is 9. The van der Waals surface area contributed by atoms with Gasteiger partial charge in [-0.25, -0.2) is 9.48 Å². The highest BCUT2D eigenvalue weighted by atomic mass is 35.5. The van der Waals surface area contributed by atoms with Crippen molar-refractivity contribution in [2.24, 2.45) is 0 Å². The van der Waals surface area contributed by atoms with Gasteiger partial charge in [0.05, 0.1) is 16.4 Å². The van der Waals surface area contributed by atoms with Gasteiger partial charge in [-0.2, -0.15) is 5.10 Å². The van der Waals surface area contributed by atoms with E-state index in [9.17, 15) is 9.59 Å². The van der Waals surface area contributed by atoms with Gasteiger partial charge in [0, 0.05) is 24.7 Å². The lowest BCUT2D eigenvalue weighted by molar-refractivity contribution is -0.116. The third-order valence-electron chi connectivity index (χ3n) is 4.86. The molecule has 3 rings (SSSR count). The van der Waals surface area contributed by atoms with E-state index in [1.807, 2.05) is 62.4 Å². The SMILES string of the molecule is CCCCN(CC(=O)Nc1cc(-c2ccccc2)nn1-c1ccccc1Cl)C(=O)NCC. The summed E-state index contributed by atoms with van der Waals surface area (Å²) in [5.41, 5.74) is 2.27. The lowest BCUT2D eigenvalue weighted by Crippen LogP contribution is -2.44. The van der Waals surface area contributed by atoms with Gasteiger partial charge < -0.3 is 15.5 Å². The number of benzene rings is 2. The van der Waals surface area contributed by atoms with Crippen molar-refractivity contribution in [2.75, 3.05) is 25.0 Å². The molecule has 0 atom stereocenters. The van der Waals surface area contributed by atoms with Gasteiger partial charge in [0.2, 0.25) is 5.91 Å². The number of halogens is 1. The zero-order valence-electron chi connectivity index (χ0n) is 18.3. The number of carbonyl (C=O) groups excluding carboxylic acids is 2. The summed E-state index contributed by atoms with van der Waals surface area (Å²) in [5.74, 6) is 0.175. The molecule has 7 nitrogen and oxygen atoms in total. The predicted octanol–water partition coefficient (Wildman–Crippen LogP) is 4.96. The van der Waals surface area contributed by atoms with Crippen LogP contribution in [0.3, 0.4) is 0 Å². The molecule has 2 aromatic carbocycles. The molecule has 1 aromatic heterocycles. The van der Waals surface area contributed by atoms with Gasteiger partial charge in [-0.1, -0.05) is 67.4 Å². The molecule has 0 aliphatic rings. The van der Waals surface area contributed by atoms with Crippen LogP contribution in [-0.2, 0) is 4.79 Å². The molecule has 0 spiro atoms. The van der Waals surface area contributed by atoms with Crippen molar-refractivity contribution >= 4 is 29.4 Å². The zero-order valence-corrected chi connectivity index (χ0v) is 19.1. The summed E-state index contributed by atoms with van der Waals surface area (Å²) in [7, 11) is 0. The van der Waals surface area contributed by atoms with Crippen molar-refractivity contribution in [1.29, 1.82) is 0 Å². The molecule has 8 heteroatoms. The first-order chi connectivity index (χ1) is 15.5. The fourth-order valence-corrected chi connectivity index (χ4v) is 3.46. The van der Waals surface area contributed by atoms with Gasteiger partial charge in [0.1, 0.15) is 12.4 Å². The summed E-state index contributed by atoms with van der Waals surface area (Å²) < 4.78 is 1.62. The molecule has 2 N–H and O–H groups in total. The van der Waals surface area contributed by atoms with E-state index in [0.717, 1.165) is 18.4 Å². The maximum absolute atomic E-state index is 12.9. The largest absolute Gasteiger partial charge is 0.338 e. The van der Waals surface area contributed by atoms with E-state index in [1.165, 1.54) is 4.90 Å². The number of unbranched alkanes of at least 4 members (excludes halogenated alkanes) is 1. The Labute approximate surface area is 193 Å². The lowest BCUT2D eigenvalue weighted by atomic mass is 10.1. The Kier molecular flexibility index (Phi) is 8.27. The Morgan fingerprint density at radius 2 is 1.78 bits per heavy atom. The van der Waals surface area contributed by atoms with Crippen molar-refractivity contribution in [3.63, 3.8) is 0 Å². The van der Waals surface area contributed by atoms with Crippen molar-refractivity contribution < 1.29 is 9.59 Å². The normalized spacial score (nSPS) is 10.6. The van der Waals surface area contributed by atoms with Crippen molar-refractivity contribution in [3.05, 3.63) is 65.7 Å². The van der Waals surface area contributed by atoms with E-state index in [4.69, 9.17) is 11.6 Å². The summed E-state index contributed by atoms with van der Waals surface area (Å²) >= 11 is 6.41. The van der Waals surface area contributed by atoms with Crippen molar-refractivity contribution in [2.45, 2.75) is 26.7 Å². The van der Waals surface area contributed by atoms with E-state index in [2.05, 4.69) is 15.7 Å². The maximum atomic E-state index is 12.9. The lowest BCUT2D eigenvalue weighted by Gasteiger charge is -2.22. The molecule has 168 valence electrons. The average molecular weight is 454 g/mol. The number of nitrogens with zero attached hydrogens (tertiary/aromatic N) is 3. The number of para-hydroxylation sites is 1. The number of urea groups is 1. The van der Waals surface area contributed by atoms with Crippen molar-refractivity contribution in [3.8, 4) is 16.9 Å². The average Bonchev–Trinajstić information content (AvgIpc) is 3.21. The van der Waals surface area contributed by atoms with Crippen LogP contribution in [-0.4, -0.2) is 46.3 Å². The van der Waals surface area contributed by atoms with Crippen LogP contribution < -0.4 is 10.6 Å². The van der Waals surface area contributed by atoms with E-state index < -0.39 is 0 Å². The van der Waals surface area contributed by atoms with Crippen LogP contribution in [0.5, 0.6) is 0 Å². The molecular formula is C24H28ClN5O2. The molecule has 0 aliphatic carbocycles. The topological polar surface area (TPSA) is 79.3 Å². The fraction of sp³-hybridized carbons (Fsp3) is 0.292. The molecule has 0 saturated carbocycles. The number of hydrogen-bond donors (Lipinski definition) is 2. The number of carbonyl (C=O) groups is 2. The molecule has 0 bridgehead atoms. The van der Waals surface area contributed by atoms with E-state index in [0.29, 0.717) is 35.3 Å². The van der Waals surface area contributed by atoms with Gasteiger partial charge in [-0.3, -0.25) is 4.79 Å². The smallest absolute Gasteiger partial charge is 0.317 e. The number of anilines is 1. The standard InChI is InChI=1S/C24H28ClN5O2/c1-3-5-15-29(24(32)26-4-2)17-23(31)27-22-16-20(18-11-7-6-8-12-18)28-30(22)21-14-10-9-13-19(21)25/h6-14,16H,3-5,15,17H2,1-2H3,(H,26,32)(H,27,31). The Hall–Kier alpha value is -3.32. The molecule has 1 heterocycles. The summed E-state index contributed by atoms with van der Waals surface area (Å²) in [6.45, 7) is 4.85. The van der Waals surface area contributed by atoms with Gasteiger partial charge in [-0.05, 0) is 25.5 Å². The second kappa shape index (κ2) is 11.3. The summed E-state index contributed by atoms with van der Waals surface area (Å²) in [4.78, 5) is 26.8. The summed E-state index contributed by atoms with van der Waals surface area (Å²) in [5, 5.41) is 10.9. The fourth-order valence-electron chi connectivity index (χ4n) is 3.25. The van der Waals surface area contributed by atoms with Crippen molar-refractivity contribution in [1.82, 2.24) is 20.0 Å². The van der Waals surface area contributed by atoms with Crippen LogP contribution in [0.15, 0.2) is 60.7 Å². The van der Waals surface area contributed by atoms with Gasteiger partial charge in [-0.15, -0.1) is 0 Å². The highest BCUT2D eigenvalue weighted by Gasteiger charge is 2.19. The van der Waals surface area contributed by atoms with Gasteiger partial charge in [0.15, 0.2) is 0 Å². The molecular weight excluding hydrogens is 426 g/mol. The Balaban J connectivity index is 1.88. The molecule has 0 aliphatic heterocycles. The van der Waals surface area contributed by atoms with E-state index in [1.54, 1.807) is 16.8 Å². The number of nitrogens with one attached hydrogen (secondary N) is 2. The van der Waals surface area contributed by atoms with Crippen LogP contribution in [0.1, 0.15) is 26.7 Å². The van der Waals surface area contributed by atoms with E-state index in [-0.39, 0.29) is 18.5 Å². The third-order valence-corrected chi connectivity index (χ3v) is 5.18. The summed E-state index contributed by atoms with van der Waals surface area (Å²) in [6.07, 6.45) is 1.75. The third kappa shape index (κ3) is 5.88. The quantitative estimate of drug-likeness (QED) is 0.480. The first-order valence-corrected chi connectivity index (χ1v) is 11.1. The minimum absolute atomic E-state index is 0.0554. The van der Waals surface area contributed by atoms with E-state index >= 15 is 0 Å². The second-order valence-electron chi connectivity index (χ2n) is 7.30. The molecule has 0 saturated heterocycles. The minimum Gasteiger partial charge on any atom is -0.338 e. The van der Waals surface area contributed by atoms with Crippen LogP contribution in [0.2, 0.25) is 5.02 Å². The zero-order chi connectivity index (χ0) is 22.9. The van der Waals surface area contributed by atoms with Gasteiger partial charge >= 0.3 is 6.03 Å². The molecule has 32 heavy (non-hydrogen) atoms.